The van der Waals surface area contributed by atoms with Crippen molar-refractivity contribution in [2.24, 2.45) is 11.5 Å². The fourth-order valence-electron chi connectivity index (χ4n) is 3.52. The number of carbonyl (C=O) groups excluding carboxylic acids is 1. The molecule has 1 aliphatic rings. The van der Waals surface area contributed by atoms with E-state index in [-0.39, 0.29) is 29.3 Å². The highest BCUT2D eigenvalue weighted by Crippen LogP contribution is 2.26. The molecule has 1 fully saturated rings. The average molecular weight is 410 g/mol. The summed E-state index contributed by atoms with van der Waals surface area (Å²) in [5.41, 5.74) is 12.1. The minimum atomic E-state index is -0.786. The van der Waals surface area contributed by atoms with Gasteiger partial charge >= 0.3 is 0 Å². The van der Waals surface area contributed by atoms with Crippen LogP contribution in [0.3, 0.4) is 0 Å². The molecule has 1 saturated carbocycles. The first-order valence-corrected chi connectivity index (χ1v) is 9.77. The molecule has 9 nitrogen and oxygen atoms in total. The largest absolute Gasteiger partial charge is 0.365 e. The molecule has 0 radical (unpaired) electrons. The molecule has 0 spiro atoms. The Hall–Kier alpha value is -3.53. The van der Waals surface area contributed by atoms with Crippen molar-refractivity contribution in [3.05, 3.63) is 54.2 Å². The van der Waals surface area contributed by atoms with Crippen LogP contribution >= 0.6 is 0 Å². The highest BCUT2D eigenvalue weighted by Gasteiger charge is 2.24. The first-order valence-electron chi connectivity index (χ1n) is 9.77. The van der Waals surface area contributed by atoms with E-state index in [1.165, 1.54) is 0 Å². The minimum Gasteiger partial charge on any atom is -0.365 e. The van der Waals surface area contributed by atoms with E-state index in [9.17, 15) is 9.18 Å². The first kappa shape index (κ1) is 19.8. The number of primary amides is 1. The van der Waals surface area contributed by atoms with E-state index >= 15 is 0 Å². The Kier molecular flexibility index (Phi) is 5.57. The summed E-state index contributed by atoms with van der Waals surface area (Å²) in [6, 6.07) is 6.23. The molecule has 3 aromatic heterocycles. The maximum atomic E-state index is 14.6. The predicted octanol–water partition coefficient (Wildman–Crippen LogP) is 2.33. The molecule has 0 aromatic carbocycles. The summed E-state index contributed by atoms with van der Waals surface area (Å²) in [6.07, 6.45) is 8.78. The van der Waals surface area contributed by atoms with Gasteiger partial charge in [-0.05, 0) is 37.1 Å². The smallest absolute Gasteiger partial charge is 0.252 e. The molecule has 156 valence electrons. The van der Waals surface area contributed by atoms with Crippen molar-refractivity contribution < 1.29 is 9.18 Å². The van der Waals surface area contributed by atoms with Crippen molar-refractivity contribution in [2.45, 2.75) is 37.8 Å². The van der Waals surface area contributed by atoms with E-state index in [0.29, 0.717) is 11.5 Å². The Morgan fingerprint density at radius 1 is 1.23 bits per heavy atom. The van der Waals surface area contributed by atoms with Gasteiger partial charge in [-0.25, -0.2) is 19.0 Å². The van der Waals surface area contributed by atoms with E-state index in [0.717, 1.165) is 31.7 Å². The fourth-order valence-corrected chi connectivity index (χ4v) is 3.52. The van der Waals surface area contributed by atoms with Crippen LogP contribution in [0.5, 0.6) is 0 Å². The number of aromatic nitrogens is 4. The van der Waals surface area contributed by atoms with Crippen LogP contribution in [-0.4, -0.2) is 37.7 Å². The summed E-state index contributed by atoms with van der Waals surface area (Å²) in [4.78, 5) is 20.4. The Bertz CT molecular complexity index is 1020. The number of nitrogens with two attached hydrogens (primary N) is 2. The SMILES string of the molecule is NC(=O)c1cc(F)c(NC2CCCCC2N)nc1Nc1ccc(-n2cccn2)nc1. The van der Waals surface area contributed by atoms with E-state index in [2.05, 4.69) is 25.7 Å². The molecule has 3 aromatic rings. The third-order valence-corrected chi connectivity index (χ3v) is 5.13. The normalized spacial score (nSPS) is 18.7. The van der Waals surface area contributed by atoms with Gasteiger partial charge in [-0.2, -0.15) is 5.10 Å². The van der Waals surface area contributed by atoms with Crippen LogP contribution in [0.15, 0.2) is 42.9 Å². The van der Waals surface area contributed by atoms with Gasteiger partial charge in [0.1, 0.15) is 5.82 Å². The van der Waals surface area contributed by atoms with Gasteiger partial charge in [0.15, 0.2) is 17.5 Å². The van der Waals surface area contributed by atoms with Gasteiger partial charge in [0.2, 0.25) is 0 Å². The van der Waals surface area contributed by atoms with E-state index in [1.807, 2.05) is 0 Å². The maximum absolute atomic E-state index is 14.6. The molecular weight excluding hydrogens is 387 g/mol. The number of hydrogen-bond acceptors (Lipinski definition) is 7. The number of hydrogen-bond donors (Lipinski definition) is 4. The van der Waals surface area contributed by atoms with Gasteiger partial charge in [-0.15, -0.1) is 0 Å². The molecule has 4 rings (SSSR count). The number of carbonyl (C=O) groups is 1. The number of halogens is 1. The molecule has 2 unspecified atom stereocenters. The number of nitrogens with zero attached hydrogens (tertiary/aromatic N) is 4. The van der Waals surface area contributed by atoms with Gasteiger partial charge in [-0.3, -0.25) is 4.79 Å². The average Bonchev–Trinajstić information content (AvgIpc) is 3.27. The summed E-state index contributed by atoms with van der Waals surface area (Å²) in [5, 5.41) is 10.2. The van der Waals surface area contributed by atoms with Crippen LogP contribution in [0.2, 0.25) is 0 Å². The Morgan fingerprint density at radius 3 is 2.73 bits per heavy atom. The molecule has 0 aliphatic heterocycles. The zero-order valence-corrected chi connectivity index (χ0v) is 16.3. The zero-order chi connectivity index (χ0) is 21.1. The summed E-state index contributed by atoms with van der Waals surface area (Å²) in [5.74, 6) is -0.637. The van der Waals surface area contributed by atoms with Crippen molar-refractivity contribution in [1.82, 2.24) is 19.7 Å². The molecule has 3 heterocycles. The molecule has 10 heteroatoms. The summed E-state index contributed by atoms with van der Waals surface area (Å²) in [6.45, 7) is 0. The Balaban J connectivity index is 1.60. The number of pyridine rings is 2. The number of rotatable bonds is 6. The van der Waals surface area contributed by atoms with Crippen molar-refractivity contribution >= 4 is 23.2 Å². The molecule has 0 saturated heterocycles. The lowest BCUT2D eigenvalue weighted by atomic mass is 9.91. The van der Waals surface area contributed by atoms with Crippen LogP contribution in [0.4, 0.5) is 21.7 Å². The van der Waals surface area contributed by atoms with Gasteiger partial charge in [0.25, 0.3) is 5.91 Å². The van der Waals surface area contributed by atoms with Crippen LogP contribution in [-0.2, 0) is 0 Å². The zero-order valence-electron chi connectivity index (χ0n) is 16.3. The maximum Gasteiger partial charge on any atom is 0.252 e. The van der Waals surface area contributed by atoms with Gasteiger partial charge < -0.3 is 22.1 Å². The second-order valence-electron chi connectivity index (χ2n) is 7.26. The molecule has 1 aliphatic carbocycles. The fraction of sp³-hybridized carbons (Fsp3) is 0.300. The van der Waals surface area contributed by atoms with Crippen LogP contribution < -0.4 is 22.1 Å². The van der Waals surface area contributed by atoms with Crippen molar-refractivity contribution in [2.75, 3.05) is 10.6 Å². The summed E-state index contributed by atoms with van der Waals surface area (Å²) >= 11 is 0. The highest BCUT2D eigenvalue weighted by molar-refractivity contribution is 5.98. The number of nitrogens with one attached hydrogen (secondary N) is 2. The second kappa shape index (κ2) is 8.46. The van der Waals surface area contributed by atoms with Crippen molar-refractivity contribution in [3.63, 3.8) is 0 Å². The van der Waals surface area contributed by atoms with Gasteiger partial charge in [0.05, 0.1) is 17.4 Å². The standard InChI is InChI=1S/C20H23FN8O/c21-14-10-13(18(23)30)19(28-20(14)27-16-5-2-1-4-15(16)22)26-12-6-7-17(24-11-12)29-9-3-8-25-29/h3,6-11,15-16H,1-2,4-5,22H2,(H2,23,30)(H2,26,27,28). The predicted molar refractivity (Wildman–Crippen MR) is 111 cm³/mol. The van der Waals surface area contributed by atoms with E-state index < -0.39 is 11.7 Å². The van der Waals surface area contributed by atoms with Crippen molar-refractivity contribution in [3.8, 4) is 5.82 Å². The molecule has 6 N–H and O–H groups in total. The van der Waals surface area contributed by atoms with Gasteiger partial charge in [-0.1, -0.05) is 12.8 Å². The second-order valence-corrected chi connectivity index (χ2v) is 7.26. The molecule has 2 atom stereocenters. The third-order valence-electron chi connectivity index (χ3n) is 5.13. The van der Waals surface area contributed by atoms with E-state index in [4.69, 9.17) is 11.5 Å². The Morgan fingerprint density at radius 2 is 2.07 bits per heavy atom. The monoisotopic (exact) mass is 410 g/mol. The van der Waals surface area contributed by atoms with Crippen LogP contribution in [0, 0.1) is 5.82 Å². The topological polar surface area (TPSA) is 137 Å². The van der Waals surface area contributed by atoms with E-state index in [1.54, 1.807) is 41.5 Å². The minimum absolute atomic E-state index is 0.0333. The quantitative estimate of drug-likeness (QED) is 0.489. The number of anilines is 3. The lowest BCUT2D eigenvalue weighted by Crippen LogP contribution is -2.43. The van der Waals surface area contributed by atoms with Crippen LogP contribution in [0.25, 0.3) is 5.82 Å². The lowest BCUT2D eigenvalue weighted by molar-refractivity contribution is 0.100. The number of amides is 1. The Labute approximate surface area is 172 Å². The third kappa shape index (κ3) is 4.23. The first-order chi connectivity index (χ1) is 14.5. The van der Waals surface area contributed by atoms with Crippen LogP contribution in [0.1, 0.15) is 36.0 Å². The summed E-state index contributed by atoms with van der Waals surface area (Å²) < 4.78 is 16.2. The molecule has 1 amide bonds. The van der Waals surface area contributed by atoms with Gasteiger partial charge in [0, 0.05) is 24.5 Å². The molecular formula is C20H23FN8O. The van der Waals surface area contributed by atoms with Crippen molar-refractivity contribution in [1.29, 1.82) is 0 Å². The highest BCUT2D eigenvalue weighted by atomic mass is 19.1. The summed E-state index contributed by atoms with van der Waals surface area (Å²) in [7, 11) is 0. The lowest BCUT2D eigenvalue weighted by Gasteiger charge is -2.30. The molecule has 0 bridgehead atoms. The molecule has 30 heavy (non-hydrogen) atoms.